The monoisotopic (exact) mass is 589 g/mol. The number of aliphatic hydroxyl groups is 1. The van der Waals surface area contributed by atoms with Gasteiger partial charge in [0.15, 0.2) is 0 Å². The number of fused-ring (bicyclic) bond motifs is 1. The number of nitrogens with one attached hydrogen (secondary N) is 1. The summed E-state index contributed by atoms with van der Waals surface area (Å²) < 4.78 is 38.6. The average Bonchev–Trinajstić information content (AvgIpc) is 3.59. The van der Waals surface area contributed by atoms with Gasteiger partial charge >= 0.3 is 6.18 Å². The Morgan fingerprint density at radius 3 is 2.38 bits per heavy atom. The number of halogens is 3. The molecule has 0 radical (unpaired) electrons. The third-order valence-electron chi connectivity index (χ3n) is 8.43. The van der Waals surface area contributed by atoms with Crippen molar-refractivity contribution in [2.24, 2.45) is 0 Å². The smallest absolute Gasteiger partial charge is 0.393 e. The Bertz CT molecular complexity index is 1240. The molecule has 3 aliphatic rings. The fourth-order valence-electron chi connectivity index (χ4n) is 6.10. The molecular weight excluding hydrogens is 551 g/mol. The van der Waals surface area contributed by atoms with Crippen LogP contribution < -0.4 is 10.2 Å². The molecule has 1 aromatic heterocycles. The summed E-state index contributed by atoms with van der Waals surface area (Å²) in [6.45, 7) is 2.84. The number of hydrogen-bond donors (Lipinski definition) is 2. The Hall–Kier alpha value is -3.51. The number of aliphatic hydroxyl groups excluding tert-OH is 1. The Kier molecular flexibility index (Phi) is 10.2. The van der Waals surface area contributed by atoms with Gasteiger partial charge in [0.1, 0.15) is 0 Å². The Morgan fingerprint density at radius 2 is 1.74 bits per heavy atom. The van der Waals surface area contributed by atoms with Crippen LogP contribution in [0, 0.1) is 0 Å². The van der Waals surface area contributed by atoms with Crippen LogP contribution in [0.25, 0.3) is 0 Å². The highest BCUT2D eigenvalue weighted by atomic mass is 19.4. The van der Waals surface area contributed by atoms with Crippen molar-refractivity contribution in [1.82, 2.24) is 20.1 Å². The van der Waals surface area contributed by atoms with Gasteiger partial charge < -0.3 is 20.2 Å². The minimum atomic E-state index is -4.53. The molecule has 1 aromatic carbocycles. The molecule has 3 amide bonds. The summed E-state index contributed by atoms with van der Waals surface area (Å²) in [7, 11) is 1.72. The highest BCUT2D eigenvalue weighted by molar-refractivity contribution is 5.96. The van der Waals surface area contributed by atoms with Crippen LogP contribution in [0.15, 0.2) is 48.8 Å². The maximum atomic E-state index is 12.9. The lowest BCUT2D eigenvalue weighted by Gasteiger charge is -2.36. The molecular formula is C30H38F3N5O4. The number of likely N-dealkylation sites (tertiary alicyclic amines) is 2. The van der Waals surface area contributed by atoms with E-state index in [4.69, 9.17) is 0 Å². The van der Waals surface area contributed by atoms with Crippen molar-refractivity contribution in [2.75, 3.05) is 31.6 Å². The Labute approximate surface area is 243 Å². The van der Waals surface area contributed by atoms with Crippen molar-refractivity contribution >= 4 is 23.4 Å². The molecule has 3 fully saturated rings. The number of nitrogens with zero attached hydrogens (tertiary/aromatic N) is 4. The minimum Gasteiger partial charge on any atom is -0.393 e. The zero-order valence-electron chi connectivity index (χ0n) is 23.9. The van der Waals surface area contributed by atoms with E-state index in [0.717, 1.165) is 62.9 Å². The standard InChI is InChI=1S/C22H28F3N3O3.C8H10N2O/c23-22(24,25)15-3-1-2-14(12-15)21(31)26-13-20(30)28-11-9-18-19(28)8-10-27(18)16-4-6-17(29)7-5-16;1-7(11)10(2)8-4-3-5-9-6-8/h1-3,12,16-19,29H,4-11,13H2,(H,26,31);3-6H,1-2H3. The fourth-order valence-corrected chi connectivity index (χ4v) is 6.10. The number of hydrogen-bond acceptors (Lipinski definition) is 6. The van der Waals surface area contributed by atoms with Gasteiger partial charge in [-0.25, -0.2) is 0 Å². The molecule has 42 heavy (non-hydrogen) atoms. The van der Waals surface area contributed by atoms with Crippen LogP contribution in [-0.2, 0) is 15.8 Å². The first-order chi connectivity index (χ1) is 20.0. The summed E-state index contributed by atoms with van der Waals surface area (Å²) in [5.41, 5.74) is -0.191. The molecule has 12 heteroatoms. The number of carbonyl (C=O) groups is 3. The third kappa shape index (κ3) is 7.65. The van der Waals surface area contributed by atoms with Gasteiger partial charge in [-0.05, 0) is 68.9 Å². The number of anilines is 1. The molecule has 2 aliphatic heterocycles. The van der Waals surface area contributed by atoms with Gasteiger partial charge in [0, 0.05) is 56.9 Å². The predicted octanol–water partition coefficient (Wildman–Crippen LogP) is 3.48. The van der Waals surface area contributed by atoms with Gasteiger partial charge in [-0.15, -0.1) is 0 Å². The largest absolute Gasteiger partial charge is 0.416 e. The number of pyridine rings is 1. The number of aromatic nitrogens is 1. The molecule has 0 spiro atoms. The topological polar surface area (TPSA) is 106 Å². The van der Waals surface area contributed by atoms with Crippen LogP contribution in [0.3, 0.4) is 0 Å². The number of rotatable bonds is 5. The second-order valence-corrected chi connectivity index (χ2v) is 11.0. The lowest BCUT2D eigenvalue weighted by atomic mass is 9.91. The normalized spacial score (nSPS) is 23.9. The summed E-state index contributed by atoms with van der Waals surface area (Å²) in [5.74, 6) is -0.879. The molecule has 1 saturated carbocycles. The van der Waals surface area contributed by atoms with E-state index < -0.39 is 17.6 Å². The van der Waals surface area contributed by atoms with Crippen LogP contribution in [0.2, 0.25) is 0 Å². The molecule has 2 atom stereocenters. The molecule has 3 heterocycles. The maximum absolute atomic E-state index is 12.9. The summed E-state index contributed by atoms with van der Waals surface area (Å²) >= 11 is 0. The summed E-state index contributed by atoms with van der Waals surface area (Å²) in [4.78, 5) is 45.6. The van der Waals surface area contributed by atoms with Crippen molar-refractivity contribution in [3.05, 3.63) is 59.9 Å². The molecule has 2 aromatic rings. The molecule has 2 unspecified atom stereocenters. The first-order valence-corrected chi connectivity index (χ1v) is 14.3. The maximum Gasteiger partial charge on any atom is 0.416 e. The summed E-state index contributed by atoms with van der Waals surface area (Å²) in [6.07, 6.45) is 3.98. The lowest BCUT2D eigenvalue weighted by molar-refractivity contribution is -0.137. The minimum absolute atomic E-state index is 0.0120. The molecule has 0 bridgehead atoms. The second-order valence-electron chi connectivity index (χ2n) is 11.0. The summed E-state index contributed by atoms with van der Waals surface area (Å²) in [6, 6.07) is 8.71. The number of amides is 3. The van der Waals surface area contributed by atoms with Gasteiger partial charge in [-0.2, -0.15) is 13.2 Å². The first kappa shape index (κ1) is 31.4. The van der Waals surface area contributed by atoms with Crippen molar-refractivity contribution in [3.8, 4) is 0 Å². The van der Waals surface area contributed by atoms with Crippen LogP contribution in [0.5, 0.6) is 0 Å². The van der Waals surface area contributed by atoms with Crippen molar-refractivity contribution in [1.29, 1.82) is 0 Å². The van der Waals surface area contributed by atoms with E-state index in [0.29, 0.717) is 18.6 Å². The summed E-state index contributed by atoms with van der Waals surface area (Å²) in [5, 5.41) is 12.2. The number of carbonyl (C=O) groups excluding carboxylic acids is 3. The van der Waals surface area contributed by atoms with Crippen LogP contribution >= 0.6 is 0 Å². The van der Waals surface area contributed by atoms with Gasteiger partial charge in [0.05, 0.1) is 30.1 Å². The van der Waals surface area contributed by atoms with E-state index in [1.807, 2.05) is 11.0 Å². The van der Waals surface area contributed by atoms with Gasteiger partial charge in [0.2, 0.25) is 11.8 Å². The zero-order valence-corrected chi connectivity index (χ0v) is 23.9. The first-order valence-electron chi connectivity index (χ1n) is 14.3. The lowest BCUT2D eigenvalue weighted by Crippen LogP contribution is -2.46. The zero-order chi connectivity index (χ0) is 30.4. The SMILES string of the molecule is CC(=O)N(C)c1cccnc1.O=C(NCC(=O)N1CCC2C1CCN2C1CCC(O)CC1)c1cccc(C(F)(F)F)c1. The number of alkyl halides is 3. The van der Waals surface area contributed by atoms with Crippen LogP contribution in [0.4, 0.5) is 18.9 Å². The highest BCUT2D eigenvalue weighted by Crippen LogP contribution is 2.36. The Balaban J connectivity index is 0.000000310. The van der Waals surface area contributed by atoms with Gasteiger partial charge in [0.25, 0.3) is 5.91 Å². The number of benzene rings is 1. The molecule has 5 rings (SSSR count). The molecule has 228 valence electrons. The van der Waals surface area contributed by atoms with E-state index in [1.54, 1.807) is 30.4 Å². The molecule has 2 saturated heterocycles. The van der Waals surface area contributed by atoms with Crippen molar-refractivity contribution in [2.45, 2.75) is 75.9 Å². The molecule has 2 N–H and O–H groups in total. The van der Waals surface area contributed by atoms with E-state index in [-0.39, 0.29) is 36.1 Å². The van der Waals surface area contributed by atoms with Crippen LogP contribution in [-0.4, -0.2) is 88.5 Å². The van der Waals surface area contributed by atoms with Crippen molar-refractivity contribution in [3.63, 3.8) is 0 Å². The Morgan fingerprint density at radius 1 is 1.02 bits per heavy atom. The van der Waals surface area contributed by atoms with E-state index in [9.17, 15) is 32.7 Å². The fraction of sp³-hybridized carbons (Fsp3) is 0.533. The average molecular weight is 590 g/mol. The van der Waals surface area contributed by atoms with Crippen molar-refractivity contribution < 1.29 is 32.7 Å². The third-order valence-corrected chi connectivity index (χ3v) is 8.43. The van der Waals surface area contributed by atoms with E-state index in [1.165, 1.54) is 19.1 Å². The van der Waals surface area contributed by atoms with Gasteiger partial charge in [-0.1, -0.05) is 6.07 Å². The highest BCUT2D eigenvalue weighted by Gasteiger charge is 2.46. The van der Waals surface area contributed by atoms with E-state index in [2.05, 4.69) is 15.2 Å². The molecule has 1 aliphatic carbocycles. The predicted molar refractivity (Wildman–Crippen MR) is 151 cm³/mol. The van der Waals surface area contributed by atoms with Crippen LogP contribution in [0.1, 0.15) is 61.4 Å². The van der Waals surface area contributed by atoms with E-state index >= 15 is 0 Å². The second kappa shape index (κ2) is 13.6. The quantitative estimate of drug-likeness (QED) is 0.554. The van der Waals surface area contributed by atoms with Gasteiger partial charge in [-0.3, -0.25) is 24.3 Å². The molecule has 9 nitrogen and oxygen atoms in total.